The average molecular weight is 444 g/mol. The zero-order valence-electron chi connectivity index (χ0n) is 18.5. The average Bonchev–Trinajstić information content (AvgIpc) is 3.05. The molecular weight excluding hydrogens is 418 g/mol. The predicted molar refractivity (Wildman–Crippen MR) is 126 cm³/mol. The Morgan fingerprint density at radius 2 is 1.61 bits per heavy atom. The minimum absolute atomic E-state index is 0.147. The topological polar surface area (TPSA) is 79.0 Å². The monoisotopic (exact) mass is 443 g/mol. The van der Waals surface area contributed by atoms with Crippen molar-refractivity contribution in [2.45, 2.75) is 25.9 Å². The van der Waals surface area contributed by atoms with E-state index in [-0.39, 0.29) is 18.9 Å². The molecule has 4 rings (SSSR count). The van der Waals surface area contributed by atoms with E-state index in [2.05, 4.69) is 5.32 Å². The van der Waals surface area contributed by atoms with Crippen molar-refractivity contribution >= 4 is 29.2 Å². The van der Waals surface area contributed by atoms with Crippen molar-refractivity contribution in [2.24, 2.45) is 0 Å². The number of rotatable bonds is 7. The molecule has 0 unspecified atom stereocenters. The Morgan fingerprint density at radius 3 is 2.24 bits per heavy atom. The highest BCUT2D eigenvalue weighted by Gasteiger charge is 2.46. The molecule has 3 aromatic rings. The van der Waals surface area contributed by atoms with E-state index in [1.165, 1.54) is 4.90 Å². The van der Waals surface area contributed by atoms with E-state index in [1.54, 1.807) is 55.6 Å². The van der Waals surface area contributed by atoms with Gasteiger partial charge in [-0.15, -0.1) is 0 Å². The van der Waals surface area contributed by atoms with Gasteiger partial charge in [-0.3, -0.25) is 9.59 Å². The molecule has 1 N–H and O–H groups in total. The molecule has 3 aromatic carbocycles. The van der Waals surface area contributed by atoms with Gasteiger partial charge in [-0.25, -0.2) is 9.69 Å². The van der Waals surface area contributed by atoms with Crippen LogP contribution in [0.2, 0.25) is 0 Å². The van der Waals surface area contributed by atoms with Crippen molar-refractivity contribution in [1.29, 1.82) is 0 Å². The fourth-order valence-electron chi connectivity index (χ4n) is 3.78. The van der Waals surface area contributed by atoms with Gasteiger partial charge in [0.1, 0.15) is 11.8 Å². The van der Waals surface area contributed by atoms with Crippen LogP contribution < -0.4 is 15.0 Å². The maximum absolute atomic E-state index is 13.3. The molecule has 168 valence electrons. The van der Waals surface area contributed by atoms with Crippen molar-refractivity contribution in [3.8, 4) is 5.75 Å². The van der Waals surface area contributed by atoms with E-state index in [4.69, 9.17) is 4.74 Å². The zero-order chi connectivity index (χ0) is 23.4. The van der Waals surface area contributed by atoms with Crippen molar-refractivity contribution in [1.82, 2.24) is 4.90 Å². The third-order valence-corrected chi connectivity index (χ3v) is 5.56. The maximum Gasteiger partial charge on any atom is 0.332 e. The van der Waals surface area contributed by atoms with Gasteiger partial charge >= 0.3 is 6.03 Å². The lowest BCUT2D eigenvalue weighted by atomic mass is 10.1. The number of hydrogen-bond acceptors (Lipinski definition) is 4. The summed E-state index contributed by atoms with van der Waals surface area (Å²) in [6.45, 7) is 2.21. The molecule has 1 saturated heterocycles. The highest BCUT2D eigenvalue weighted by Crippen LogP contribution is 2.28. The van der Waals surface area contributed by atoms with Gasteiger partial charge in [-0.2, -0.15) is 0 Å². The van der Waals surface area contributed by atoms with Crippen LogP contribution >= 0.6 is 0 Å². The number of para-hydroxylation sites is 1. The van der Waals surface area contributed by atoms with Crippen molar-refractivity contribution in [3.05, 3.63) is 90.0 Å². The smallest absolute Gasteiger partial charge is 0.332 e. The number of aryl methyl sites for hydroxylation is 1. The standard InChI is InChI=1S/C26H25N3O4/c1-18-8-10-19(11-9-18)17-28-23(16-24(30)27-20-12-14-22(33-2)15-13-20)25(31)29(26(28)32)21-6-4-3-5-7-21/h3-15,23H,16-17H2,1-2H3,(H,27,30)/t23-/m0/s1. The summed E-state index contributed by atoms with van der Waals surface area (Å²) in [6.07, 6.45) is -0.147. The SMILES string of the molecule is COc1ccc(NC(=O)C[C@H]2C(=O)N(c3ccccc3)C(=O)N2Cc2ccc(C)cc2)cc1. The van der Waals surface area contributed by atoms with Gasteiger partial charge in [0.2, 0.25) is 5.91 Å². The third kappa shape index (κ3) is 4.87. The number of carbonyl (C=O) groups is 3. The van der Waals surface area contributed by atoms with Crippen molar-refractivity contribution < 1.29 is 19.1 Å². The highest BCUT2D eigenvalue weighted by atomic mass is 16.5. The number of nitrogens with one attached hydrogen (secondary N) is 1. The molecule has 1 aliphatic rings. The first-order chi connectivity index (χ1) is 16.0. The summed E-state index contributed by atoms with van der Waals surface area (Å²) in [5.74, 6) is -0.0920. The first-order valence-corrected chi connectivity index (χ1v) is 10.7. The molecule has 0 radical (unpaired) electrons. The van der Waals surface area contributed by atoms with Gasteiger partial charge in [0, 0.05) is 12.2 Å². The van der Waals surface area contributed by atoms with Gasteiger partial charge in [0.05, 0.1) is 19.2 Å². The number of hydrogen-bond donors (Lipinski definition) is 1. The number of amides is 4. The molecule has 33 heavy (non-hydrogen) atoms. The Labute approximate surface area is 192 Å². The molecule has 0 saturated carbocycles. The molecule has 1 aliphatic heterocycles. The van der Waals surface area contributed by atoms with Crippen LogP contribution in [0.1, 0.15) is 17.5 Å². The summed E-state index contributed by atoms with van der Waals surface area (Å²) in [7, 11) is 1.57. The van der Waals surface area contributed by atoms with E-state index in [9.17, 15) is 14.4 Å². The summed E-state index contributed by atoms with van der Waals surface area (Å²) < 4.78 is 5.13. The summed E-state index contributed by atoms with van der Waals surface area (Å²) >= 11 is 0. The fourth-order valence-corrected chi connectivity index (χ4v) is 3.78. The van der Waals surface area contributed by atoms with Crippen molar-refractivity contribution in [3.63, 3.8) is 0 Å². The molecule has 0 bridgehead atoms. The van der Waals surface area contributed by atoms with Gasteiger partial charge in [-0.1, -0.05) is 48.0 Å². The third-order valence-electron chi connectivity index (χ3n) is 5.56. The van der Waals surface area contributed by atoms with E-state index < -0.39 is 18.0 Å². The van der Waals surface area contributed by atoms with Crippen LogP contribution in [0.4, 0.5) is 16.2 Å². The quantitative estimate of drug-likeness (QED) is 0.550. The second kappa shape index (κ2) is 9.56. The van der Waals surface area contributed by atoms with Crippen molar-refractivity contribution in [2.75, 3.05) is 17.3 Å². The summed E-state index contributed by atoms with van der Waals surface area (Å²) in [5.41, 5.74) is 3.06. The van der Waals surface area contributed by atoms with Crippen LogP contribution in [0.25, 0.3) is 0 Å². The van der Waals surface area contributed by atoms with E-state index in [1.807, 2.05) is 37.3 Å². The number of anilines is 2. The minimum Gasteiger partial charge on any atom is -0.497 e. The number of nitrogens with zero attached hydrogens (tertiary/aromatic N) is 2. The lowest BCUT2D eigenvalue weighted by Crippen LogP contribution is -2.37. The van der Waals surface area contributed by atoms with Gasteiger partial charge in [-0.05, 0) is 48.9 Å². The number of carbonyl (C=O) groups excluding carboxylic acids is 3. The molecule has 1 atom stereocenters. The van der Waals surface area contributed by atoms with Crippen LogP contribution in [0.5, 0.6) is 5.75 Å². The second-order valence-electron chi connectivity index (χ2n) is 7.90. The lowest BCUT2D eigenvalue weighted by molar-refractivity contribution is -0.124. The maximum atomic E-state index is 13.3. The Kier molecular flexibility index (Phi) is 6.40. The molecule has 0 aromatic heterocycles. The van der Waals surface area contributed by atoms with Gasteiger partial charge in [0.15, 0.2) is 0 Å². The van der Waals surface area contributed by atoms with E-state index in [0.717, 1.165) is 16.0 Å². The number of ether oxygens (including phenoxy) is 1. The number of benzene rings is 3. The minimum atomic E-state index is -0.905. The molecule has 7 heteroatoms. The Bertz CT molecular complexity index is 1140. The molecule has 4 amide bonds. The first kappa shape index (κ1) is 22.1. The largest absolute Gasteiger partial charge is 0.497 e. The van der Waals surface area contributed by atoms with E-state index >= 15 is 0 Å². The van der Waals surface area contributed by atoms with Crippen LogP contribution in [-0.4, -0.2) is 35.9 Å². The zero-order valence-corrected chi connectivity index (χ0v) is 18.5. The summed E-state index contributed by atoms with van der Waals surface area (Å²) in [6, 6.07) is 22.1. The summed E-state index contributed by atoms with van der Waals surface area (Å²) in [4.78, 5) is 42.0. The first-order valence-electron chi connectivity index (χ1n) is 10.7. The van der Waals surface area contributed by atoms with Crippen LogP contribution in [0, 0.1) is 6.92 Å². The van der Waals surface area contributed by atoms with Crippen LogP contribution in [-0.2, 0) is 16.1 Å². The highest BCUT2D eigenvalue weighted by molar-refractivity contribution is 6.22. The van der Waals surface area contributed by atoms with Crippen LogP contribution in [0.15, 0.2) is 78.9 Å². The normalized spacial score (nSPS) is 15.6. The lowest BCUT2D eigenvalue weighted by Gasteiger charge is -2.22. The van der Waals surface area contributed by atoms with Gasteiger partial charge < -0.3 is 15.0 Å². The number of urea groups is 1. The van der Waals surface area contributed by atoms with Gasteiger partial charge in [0.25, 0.3) is 5.91 Å². The molecule has 1 heterocycles. The van der Waals surface area contributed by atoms with Crippen LogP contribution in [0.3, 0.4) is 0 Å². The number of methoxy groups -OCH3 is 1. The second-order valence-corrected chi connectivity index (χ2v) is 7.90. The predicted octanol–water partition coefficient (Wildman–Crippen LogP) is 4.37. The molecule has 0 aliphatic carbocycles. The molecule has 7 nitrogen and oxygen atoms in total. The molecule has 1 fully saturated rings. The Balaban J connectivity index is 1.57. The Hall–Kier alpha value is -4.13. The number of imide groups is 1. The molecule has 0 spiro atoms. The molecular formula is C26H25N3O4. The summed E-state index contributed by atoms with van der Waals surface area (Å²) in [5, 5.41) is 2.80. The van der Waals surface area contributed by atoms with E-state index in [0.29, 0.717) is 17.1 Å². The Morgan fingerprint density at radius 1 is 0.939 bits per heavy atom. The fraction of sp³-hybridized carbons (Fsp3) is 0.192.